The zero-order chi connectivity index (χ0) is 19.2. The van der Waals surface area contributed by atoms with E-state index in [1.165, 1.54) is 15.9 Å². The van der Waals surface area contributed by atoms with Crippen molar-refractivity contribution >= 4 is 35.7 Å². The van der Waals surface area contributed by atoms with E-state index in [1.807, 2.05) is 42.5 Å². The molecule has 2 nitrogen and oxygen atoms in total. The van der Waals surface area contributed by atoms with Crippen molar-refractivity contribution in [3.63, 3.8) is 0 Å². The van der Waals surface area contributed by atoms with Gasteiger partial charge >= 0.3 is 0 Å². The molecule has 0 aromatic heterocycles. The maximum Gasteiger partial charge on any atom is 0.124 e. The highest BCUT2D eigenvalue weighted by Gasteiger charge is 2.18. The van der Waals surface area contributed by atoms with Crippen LogP contribution in [0, 0.1) is 0 Å². The molecule has 0 aliphatic carbocycles. The summed E-state index contributed by atoms with van der Waals surface area (Å²) >= 11 is 0. The first-order valence-corrected chi connectivity index (χ1v) is 10.5. The summed E-state index contributed by atoms with van der Waals surface area (Å²) in [5, 5.41) is 13.8. The smallest absolute Gasteiger partial charge is 0.124 e. The van der Waals surface area contributed by atoms with Crippen LogP contribution in [0.3, 0.4) is 0 Å². The van der Waals surface area contributed by atoms with E-state index in [9.17, 15) is 5.11 Å². The molecule has 3 heteroatoms. The molecule has 0 atom stereocenters. The van der Waals surface area contributed by atoms with Crippen LogP contribution >= 0.6 is 7.92 Å². The number of hydrogen-bond donors (Lipinski definition) is 1. The summed E-state index contributed by atoms with van der Waals surface area (Å²) in [5.41, 5.74) is 1.63. The fourth-order valence-corrected chi connectivity index (χ4v) is 5.47. The highest BCUT2D eigenvalue weighted by molar-refractivity contribution is 7.80. The number of hydrogen-bond acceptors (Lipinski definition) is 2. The Labute approximate surface area is 166 Å². The van der Waals surface area contributed by atoms with E-state index < -0.39 is 7.92 Å². The van der Waals surface area contributed by atoms with Gasteiger partial charge in [0.15, 0.2) is 0 Å². The van der Waals surface area contributed by atoms with Crippen LogP contribution in [0.1, 0.15) is 5.56 Å². The Balaban J connectivity index is 1.81. The first-order chi connectivity index (χ1) is 13.8. The SMILES string of the molecule is Oc1ccccc1C=Nc1ccccc1P(c1ccccc1)c1ccccc1. The molecule has 0 amide bonds. The third kappa shape index (κ3) is 4.03. The maximum absolute atomic E-state index is 10.0. The molecule has 1 N–H and O–H groups in total. The van der Waals surface area contributed by atoms with Crippen LogP contribution in [0.15, 0.2) is 114 Å². The second-order valence-corrected chi connectivity index (χ2v) is 8.50. The molecule has 28 heavy (non-hydrogen) atoms. The number of benzene rings is 4. The first kappa shape index (κ1) is 18.2. The van der Waals surface area contributed by atoms with E-state index in [0.717, 1.165) is 5.69 Å². The summed E-state index contributed by atoms with van der Waals surface area (Å²) in [4.78, 5) is 4.74. The molecule has 0 saturated carbocycles. The zero-order valence-corrected chi connectivity index (χ0v) is 16.2. The second kappa shape index (κ2) is 8.65. The number of aliphatic imine (C=N–C) groups is 1. The van der Waals surface area contributed by atoms with Crippen LogP contribution in [-0.4, -0.2) is 11.3 Å². The number of rotatable bonds is 5. The lowest BCUT2D eigenvalue weighted by atomic mass is 10.2. The summed E-state index contributed by atoms with van der Waals surface area (Å²) < 4.78 is 0. The number of phenols is 1. The van der Waals surface area contributed by atoms with Crippen molar-refractivity contribution in [3.05, 3.63) is 115 Å². The molecule has 0 fully saturated rings. The third-order valence-corrected chi connectivity index (χ3v) is 6.92. The van der Waals surface area contributed by atoms with E-state index in [4.69, 9.17) is 4.99 Å². The van der Waals surface area contributed by atoms with Gasteiger partial charge in [-0.15, -0.1) is 0 Å². The summed E-state index contributed by atoms with van der Waals surface area (Å²) in [7, 11) is -0.731. The highest BCUT2D eigenvalue weighted by Crippen LogP contribution is 2.36. The molecule has 0 heterocycles. The average molecular weight is 381 g/mol. The minimum absolute atomic E-state index is 0.233. The Bertz CT molecular complexity index is 1040. The lowest BCUT2D eigenvalue weighted by molar-refractivity contribution is 0.474. The van der Waals surface area contributed by atoms with Gasteiger partial charge in [-0.1, -0.05) is 91.0 Å². The lowest BCUT2D eigenvalue weighted by Crippen LogP contribution is -2.20. The average Bonchev–Trinajstić information content (AvgIpc) is 2.76. The maximum atomic E-state index is 10.0. The van der Waals surface area contributed by atoms with Crippen molar-refractivity contribution in [2.75, 3.05) is 0 Å². The third-order valence-electron chi connectivity index (χ3n) is 4.43. The summed E-state index contributed by atoms with van der Waals surface area (Å²) in [6.07, 6.45) is 1.73. The van der Waals surface area contributed by atoms with E-state index in [0.29, 0.717) is 5.56 Å². The largest absolute Gasteiger partial charge is 0.507 e. The molecular weight excluding hydrogens is 361 g/mol. The van der Waals surface area contributed by atoms with E-state index in [2.05, 4.69) is 60.7 Å². The van der Waals surface area contributed by atoms with Crippen LogP contribution in [0.25, 0.3) is 0 Å². The quantitative estimate of drug-likeness (QED) is 0.387. The fourth-order valence-electron chi connectivity index (χ4n) is 3.08. The van der Waals surface area contributed by atoms with Gasteiger partial charge in [-0.05, 0) is 36.7 Å². The molecule has 0 aliphatic rings. The van der Waals surface area contributed by atoms with Crippen molar-refractivity contribution in [1.82, 2.24) is 0 Å². The van der Waals surface area contributed by atoms with Gasteiger partial charge in [0.05, 0.1) is 5.69 Å². The van der Waals surface area contributed by atoms with E-state index in [1.54, 1.807) is 12.3 Å². The second-order valence-electron chi connectivity index (χ2n) is 6.31. The van der Waals surface area contributed by atoms with Gasteiger partial charge in [0, 0.05) is 17.1 Å². The first-order valence-electron chi connectivity index (χ1n) is 9.14. The lowest BCUT2D eigenvalue weighted by Gasteiger charge is -2.20. The summed E-state index contributed by atoms with van der Waals surface area (Å²) in [6.45, 7) is 0. The molecule has 0 radical (unpaired) electrons. The number of para-hydroxylation sites is 2. The van der Waals surface area contributed by atoms with Gasteiger partial charge in [0.2, 0.25) is 0 Å². The zero-order valence-electron chi connectivity index (χ0n) is 15.3. The molecule has 0 spiro atoms. The molecular formula is C25H20NOP. The van der Waals surface area contributed by atoms with Crippen molar-refractivity contribution in [2.24, 2.45) is 4.99 Å². The minimum atomic E-state index is -0.731. The number of aromatic hydroxyl groups is 1. The molecule has 4 aromatic carbocycles. The van der Waals surface area contributed by atoms with E-state index >= 15 is 0 Å². The Hall–Kier alpha value is -3.22. The Kier molecular flexibility index (Phi) is 5.61. The number of phenolic OH excluding ortho intramolecular Hbond substituents is 1. The molecule has 0 bridgehead atoms. The normalized spacial score (nSPS) is 11.2. The van der Waals surface area contributed by atoms with Crippen molar-refractivity contribution in [3.8, 4) is 5.75 Å². The van der Waals surface area contributed by atoms with Crippen LogP contribution in [-0.2, 0) is 0 Å². The predicted molar refractivity (Wildman–Crippen MR) is 121 cm³/mol. The molecule has 4 rings (SSSR count). The number of nitrogens with zero attached hydrogens (tertiary/aromatic N) is 1. The summed E-state index contributed by atoms with van der Waals surface area (Å²) in [5.74, 6) is 0.233. The van der Waals surface area contributed by atoms with E-state index in [-0.39, 0.29) is 5.75 Å². The monoisotopic (exact) mass is 381 g/mol. The Morgan fingerprint density at radius 1 is 0.607 bits per heavy atom. The molecule has 4 aromatic rings. The Morgan fingerprint density at radius 3 is 1.79 bits per heavy atom. The van der Waals surface area contributed by atoms with Gasteiger partial charge in [0.1, 0.15) is 5.75 Å². The Morgan fingerprint density at radius 2 is 1.14 bits per heavy atom. The van der Waals surface area contributed by atoms with Gasteiger partial charge in [0.25, 0.3) is 0 Å². The van der Waals surface area contributed by atoms with Gasteiger partial charge in [-0.2, -0.15) is 0 Å². The minimum Gasteiger partial charge on any atom is -0.507 e. The van der Waals surface area contributed by atoms with Gasteiger partial charge < -0.3 is 5.11 Å². The standard InChI is InChI=1S/C25H20NOP/c27-24-17-9-7-11-20(24)19-26-23-16-8-10-18-25(23)28(21-12-3-1-4-13-21)22-14-5-2-6-15-22/h1-19,27H. The molecule has 136 valence electrons. The van der Waals surface area contributed by atoms with Crippen molar-refractivity contribution in [2.45, 2.75) is 0 Å². The van der Waals surface area contributed by atoms with Crippen LogP contribution in [0.4, 0.5) is 5.69 Å². The van der Waals surface area contributed by atoms with Gasteiger partial charge in [-0.3, -0.25) is 4.99 Å². The fraction of sp³-hybridized carbons (Fsp3) is 0. The predicted octanol–water partition coefficient (Wildman–Crippen LogP) is 4.90. The topological polar surface area (TPSA) is 32.6 Å². The van der Waals surface area contributed by atoms with Crippen LogP contribution < -0.4 is 15.9 Å². The summed E-state index contributed by atoms with van der Waals surface area (Å²) in [6, 6.07) is 36.7. The van der Waals surface area contributed by atoms with Gasteiger partial charge in [-0.25, -0.2) is 0 Å². The van der Waals surface area contributed by atoms with Crippen molar-refractivity contribution in [1.29, 1.82) is 0 Å². The van der Waals surface area contributed by atoms with Crippen molar-refractivity contribution < 1.29 is 5.11 Å². The molecule has 0 aliphatic heterocycles. The molecule has 0 saturated heterocycles. The highest BCUT2D eigenvalue weighted by atomic mass is 31.1. The molecule has 0 unspecified atom stereocenters. The van der Waals surface area contributed by atoms with Crippen LogP contribution in [0.5, 0.6) is 5.75 Å². The van der Waals surface area contributed by atoms with Crippen LogP contribution in [0.2, 0.25) is 0 Å².